The van der Waals surface area contributed by atoms with Gasteiger partial charge < -0.3 is 5.11 Å². The van der Waals surface area contributed by atoms with Crippen LogP contribution in [0, 0.1) is 12.8 Å². The highest BCUT2D eigenvalue weighted by Gasteiger charge is 2.32. The Kier molecular flexibility index (Phi) is 1.69. The third kappa shape index (κ3) is 1.30. The number of aryl methyl sites for hydroxylation is 1. The van der Waals surface area contributed by atoms with Crippen molar-refractivity contribution >= 4 is 11.3 Å². The average molecular weight is 169 g/mol. The SMILES string of the molecule is Cc1ncsc1C(O)C1CC1. The molecule has 11 heavy (non-hydrogen) atoms. The van der Waals surface area contributed by atoms with Crippen LogP contribution in [0.4, 0.5) is 0 Å². The molecule has 60 valence electrons. The van der Waals surface area contributed by atoms with Gasteiger partial charge in [-0.3, -0.25) is 0 Å². The topological polar surface area (TPSA) is 33.1 Å². The first-order valence-corrected chi connectivity index (χ1v) is 4.75. The molecule has 0 aromatic carbocycles. The molecule has 1 heterocycles. The Hall–Kier alpha value is -0.410. The molecule has 1 aromatic rings. The zero-order valence-corrected chi connectivity index (χ0v) is 7.27. The molecule has 1 N–H and O–H groups in total. The average Bonchev–Trinajstić information content (AvgIpc) is 2.74. The zero-order valence-electron chi connectivity index (χ0n) is 6.45. The molecular weight excluding hydrogens is 158 g/mol. The maximum absolute atomic E-state index is 9.70. The number of hydrogen-bond donors (Lipinski definition) is 1. The first-order valence-electron chi connectivity index (χ1n) is 3.87. The summed E-state index contributed by atoms with van der Waals surface area (Å²) in [5.41, 5.74) is 2.80. The molecule has 1 aliphatic rings. The van der Waals surface area contributed by atoms with E-state index in [9.17, 15) is 5.11 Å². The Morgan fingerprint density at radius 3 is 2.91 bits per heavy atom. The van der Waals surface area contributed by atoms with Crippen molar-refractivity contribution in [2.45, 2.75) is 25.9 Å². The zero-order chi connectivity index (χ0) is 7.84. The van der Waals surface area contributed by atoms with Crippen LogP contribution in [-0.4, -0.2) is 10.1 Å². The second-order valence-electron chi connectivity index (χ2n) is 3.08. The molecule has 1 fully saturated rings. The molecule has 0 aliphatic heterocycles. The molecule has 0 bridgehead atoms. The van der Waals surface area contributed by atoms with Crippen LogP contribution in [-0.2, 0) is 0 Å². The lowest BCUT2D eigenvalue weighted by atomic mass is 10.2. The van der Waals surface area contributed by atoms with Crippen molar-refractivity contribution < 1.29 is 5.11 Å². The van der Waals surface area contributed by atoms with E-state index in [1.54, 1.807) is 16.8 Å². The Labute approximate surface area is 69.9 Å². The van der Waals surface area contributed by atoms with Crippen LogP contribution < -0.4 is 0 Å². The molecule has 1 saturated carbocycles. The number of aliphatic hydroxyl groups is 1. The van der Waals surface area contributed by atoms with Crippen molar-refractivity contribution in [3.63, 3.8) is 0 Å². The first-order chi connectivity index (χ1) is 5.29. The predicted molar refractivity (Wildman–Crippen MR) is 44.5 cm³/mol. The van der Waals surface area contributed by atoms with E-state index in [2.05, 4.69) is 4.98 Å². The van der Waals surface area contributed by atoms with Crippen molar-refractivity contribution in [1.29, 1.82) is 0 Å². The van der Waals surface area contributed by atoms with E-state index in [1.807, 2.05) is 6.92 Å². The Bertz CT molecular complexity index is 254. The van der Waals surface area contributed by atoms with E-state index >= 15 is 0 Å². The lowest BCUT2D eigenvalue weighted by molar-refractivity contribution is 0.156. The summed E-state index contributed by atoms with van der Waals surface area (Å²) >= 11 is 1.56. The van der Waals surface area contributed by atoms with E-state index < -0.39 is 0 Å². The van der Waals surface area contributed by atoms with Gasteiger partial charge in [-0.25, -0.2) is 4.98 Å². The summed E-state index contributed by atoms with van der Waals surface area (Å²) in [6.45, 7) is 1.96. The molecule has 0 spiro atoms. The minimum absolute atomic E-state index is 0.234. The van der Waals surface area contributed by atoms with E-state index in [4.69, 9.17) is 0 Å². The molecule has 1 aliphatic carbocycles. The van der Waals surface area contributed by atoms with Crippen molar-refractivity contribution in [2.75, 3.05) is 0 Å². The van der Waals surface area contributed by atoms with Gasteiger partial charge in [-0.15, -0.1) is 11.3 Å². The Morgan fingerprint density at radius 1 is 1.73 bits per heavy atom. The standard InChI is InChI=1S/C8H11NOS/c1-5-8(11-4-9-5)7(10)6-2-3-6/h4,6-7,10H,2-3H2,1H3. The number of aromatic nitrogens is 1. The van der Waals surface area contributed by atoms with Crippen molar-refractivity contribution in [3.05, 3.63) is 16.1 Å². The highest BCUT2D eigenvalue weighted by Crippen LogP contribution is 2.42. The summed E-state index contributed by atoms with van der Waals surface area (Å²) in [4.78, 5) is 5.17. The van der Waals surface area contributed by atoms with Crippen LogP contribution in [0.15, 0.2) is 5.51 Å². The number of nitrogens with zero attached hydrogens (tertiary/aromatic N) is 1. The van der Waals surface area contributed by atoms with Crippen LogP contribution >= 0.6 is 11.3 Å². The Balaban J connectivity index is 2.20. The monoisotopic (exact) mass is 169 g/mol. The third-order valence-corrected chi connectivity index (χ3v) is 3.12. The summed E-state index contributed by atoms with van der Waals surface area (Å²) in [5, 5.41) is 9.70. The second-order valence-corrected chi connectivity index (χ2v) is 3.97. The quantitative estimate of drug-likeness (QED) is 0.733. The van der Waals surface area contributed by atoms with Gasteiger partial charge in [0.2, 0.25) is 0 Å². The Morgan fingerprint density at radius 2 is 2.45 bits per heavy atom. The first kappa shape index (κ1) is 7.25. The van der Waals surface area contributed by atoms with E-state index in [-0.39, 0.29) is 6.10 Å². The smallest absolute Gasteiger partial charge is 0.0928 e. The lowest BCUT2D eigenvalue weighted by Gasteiger charge is -2.05. The largest absolute Gasteiger partial charge is 0.387 e. The van der Waals surface area contributed by atoms with Crippen LogP contribution in [0.25, 0.3) is 0 Å². The van der Waals surface area contributed by atoms with E-state index in [1.165, 1.54) is 12.8 Å². The van der Waals surface area contributed by atoms with E-state index in [0.29, 0.717) is 5.92 Å². The number of rotatable bonds is 2. The maximum atomic E-state index is 9.70. The fourth-order valence-electron chi connectivity index (χ4n) is 1.22. The number of thiazole rings is 1. The van der Waals surface area contributed by atoms with Gasteiger partial charge >= 0.3 is 0 Å². The molecule has 2 rings (SSSR count). The van der Waals surface area contributed by atoms with Crippen molar-refractivity contribution in [1.82, 2.24) is 4.98 Å². The van der Waals surface area contributed by atoms with Crippen LogP contribution in [0.5, 0.6) is 0 Å². The molecule has 1 aromatic heterocycles. The summed E-state index contributed by atoms with van der Waals surface area (Å²) in [5.74, 6) is 0.522. The minimum atomic E-state index is -0.234. The number of aliphatic hydroxyl groups excluding tert-OH is 1. The summed E-state index contributed by atoms with van der Waals surface area (Å²) < 4.78 is 0. The maximum Gasteiger partial charge on any atom is 0.0928 e. The predicted octanol–water partition coefficient (Wildman–Crippen LogP) is 1.89. The van der Waals surface area contributed by atoms with Crippen molar-refractivity contribution in [3.8, 4) is 0 Å². The van der Waals surface area contributed by atoms with Gasteiger partial charge in [0, 0.05) is 0 Å². The molecule has 0 saturated heterocycles. The highest BCUT2D eigenvalue weighted by molar-refractivity contribution is 7.09. The molecular formula is C8H11NOS. The van der Waals surface area contributed by atoms with Gasteiger partial charge in [0.1, 0.15) is 0 Å². The van der Waals surface area contributed by atoms with Crippen LogP contribution in [0.3, 0.4) is 0 Å². The highest BCUT2D eigenvalue weighted by atomic mass is 32.1. The molecule has 3 heteroatoms. The van der Waals surface area contributed by atoms with Gasteiger partial charge in [0.25, 0.3) is 0 Å². The molecule has 1 atom stereocenters. The fraction of sp³-hybridized carbons (Fsp3) is 0.625. The second kappa shape index (κ2) is 2.57. The molecule has 0 amide bonds. The molecule has 0 radical (unpaired) electrons. The minimum Gasteiger partial charge on any atom is -0.387 e. The van der Waals surface area contributed by atoms with Crippen molar-refractivity contribution in [2.24, 2.45) is 5.92 Å². The van der Waals surface area contributed by atoms with Gasteiger partial charge in [0.05, 0.1) is 22.2 Å². The van der Waals surface area contributed by atoms with Gasteiger partial charge in [-0.1, -0.05) is 0 Å². The van der Waals surface area contributed by atoms with E-state index in [0.717, 1.165) is 10.6 Å². The fourth-order valence-corrected chi connectivity index (χ4v) is 2.10. The molecule has 1 unspecified atom stereocenters. The van der Waals surface area contributed by atoms with Gasteiger partial charge in [0.15, 0.2) is 0 Å². The van der Waals surface area contributed by atoms with Crippen LogP contribution in [0.1, 0.15) is 29.5 Å². The lowest BCUT2D eigenvalue weighted by Crippen LogP contribution is -1.98. The van der Waals surface area contributed by atoms with Crippen LogP contribution in [0.2, 0.25) is 0 Å². The number of hydrogen-bond acceptors (Lipinski definition) is 3. The summed E-state index contributed by atoms with van der Waals surface area (Å²) in [6, 6.07) is 0. The van der Waals surface area contributed by atoms with Gasteiger partial charge in [-0.2, -0.15) is 0 Å². The van der Waals surface area contributed by atoms with Gasteiger partial charge in [-0.05, 0) is 25.7 Å². The normalized spacial score (nSPS) is 20.2. The summed E-state index contributed by atoms with van der Waals surface area (Å²) in [7, 11) is 0. The molecule has 2 nitrogen and oxygen atoms in total. The summed E-state index contributed by atoms with van der Waals surface area (Å²) in [6.07, 6.45) is 2.12. The third-order valence-electron chi connectivity index (χ3n) is 2.12.